The van der Waals surface area contributed by atoms with E-state index in [0.717, 1.165) is 25.7 Å². The largest absolute Gasteiger partial charge is 0.462 e. The highest BCUT2D eigenvalue weighted by Crippen LogP contribution is 2.45. The van der Waals surface area contributed by atoms with Gasteiger partial charge < -0.3 is 14.6 Å². The van der Waals surface area contributed by atoms with E-state index in [2.05, 4.69) is 32.1 Å². The zero-order valence-electron chi connectivity index (χ0n) is 18.2. The van der Waals surface area contributed by atoms with Crippen molar-refractivity contribution >= 4 is 11.9 Å². The Kier molecular flexibility index (Phi) is 7.20. The van der Waals surface area contributed by atoms with E-state index in [1.807, 2.05) is 13.8 Å². The van der Waals surface area contributed by atoms with Crippen molar-refractivity contribution in [2.24, 2.45) is 29.6 Å². The zero-order valence-corrected chi connectivity index (χ0v) is 18.2. The maximum atomic E-state index is 12.5. The fourth-order valence-corrected chi connectivity index (χ4v) is 5.07. The second-order valence-electron chi connectivity index (χ2n) is 9.36. The molecule has 1 aliphatic heterocycles. The van der Waals surface area contributed by atoms with Crippen molar-refractivity contribution in [1.82, 2.24) is 0 Å². The van der Waals surface area contributed by atoms with E-state index >= 15 is 0 Å². The van der Waals surface area contributed by atoms with Crippen molar-refractivity contribution < 1.29 is 24.2 Å². The highest BCUT2D eigenvalue weighted by molar-refractivity contribution is 5.72. The van der Waals surface area contributed by atoms with Crippen LogP contribution in [0.3, 0.4) is 0 Å². The molecule has 1 heterocycles. The summed E-state index contributed by atoms with van der Waals surface area (Å²) in [6.07, 6.45) is 9.70. The van der Waals surface area contributed by atoms with Gasteiger partial charge in [-0.05, 0) is 49.0 Å². The van der Waals surface area contributed by atoms with E-state index in [1.165, 1.54) is 5.57 Å². The number of cyclic esters (lactones) is 1. The van der Waals surface area contributed by atoms with Gasteiger partial charge in [-0.1, -0.05) is 45.9 Å². The third-order valence-electron chi connectivity index (χ3n) is 6.93. The number of carbonyl (C=O) groups is 2. The Hall–Kier alpha value is -1.62. The summed E-state index contributed by atoms with van der Waals surface area (Å²) in [7, 11) is 0. The smallest absolute Gasteiger partial charge is 0.308 e. The van der Waals surface area contributed by atoms with Crippen molar-refractivity contribution in [3.05, 3.63) is 23.8 Å². The molecular formula is C24H36O5. The Labute approximate surface area is 174 Å². The van der Waals surface area contributed by atoms with Gasteiger partial charge in [0.2, 0.25) is 0 Å². The summed E-state index contributed by atoms with van der Waals surface area (Å²) in [6.45, 7) is 8.33. The summed E-state index contributed by atoms with van der Waals surface area (Å²) in [5, 5.41) is 9.89. The molecule has 0 aromatic heterocycles. The van der Waals surface area contributed by atoms with Gasteiger partial charge >= 0.3 is 11.9 Å². The van der Waals surface area contributed by atoms with E-state index < -0.39 is 6.10 Å². The summed E-state index contributed by atoms with van der Waals surface area (Å²) in [4.78, 5) is 24.2. The van der Waals surface area contributed by atoms with Crippen LogP contribution in [-0.4, -0.2) is 35.4 Å². The molecule has 162 valence electrons. The normalized spacial score (nSPS) is 37.9. The second-order valence-corrected chi connectivity index (χ2v) is 9.36. The van der Waals surface area contributed by atoms with Gasteiger partial charge in [0, 0.05) is 12.3 Å². The van der Waals surface area contributed by atoms with Crippen LogP contribution in [0.25, 0.3) is 0 Å². The van der Waals surface area contributed by atoms with E-state index in [4.69, 9.17) is 9.47 Å². The summed E-state index contributed by atoms with van der Waals surface area (Å²) in [6, 6.07) is 0. The van der Waals surface area contributed by atoms with Crippen LogP contribution in [0.4, 0.5) is 0 Å². The molecule has 5 heteroatoms. The minimum Gasteiger partial charge on any atom is -0.462 e. The Bertz CT molecular complexity index is 666. The fraction of sp³-hybridized carbons (Fsp3) is 0.750. The minimum atomic E-state index is -0.597. The Morgan fingerprint density at radius 1 is 1.31 bits per heavy atom. The van der Waals surface area contributed by atoms with E-state index in [1.54, 1.807) is 0 Å². The molecule has 1 saturated heterocycles. The van der Waals surface area contributed by atoms with Gasteiger partial charge in [0.1, 0.15) is 12.2 Å². The topological polar surface area (TPSA) is 72.8 Å². The van der Waals surface area contributed by atoms with E-state index in [9.17, 15) is 14.7 Å². The lowest BCUT2D eigenvalue weighted by atomic mass is 9.65. The number of hydrogen-bond acceptors (Lipinski definition) is 5. The molecule has 3 aliphatic rings. The van der Waals surface area contributed by atoms with Gasteiger partial charge in [0.25, 0.3) is 0 Å². The molecule has 0 radical (unpaired) electrons. The molecule has 0 saturated carbocycles. The van der Waals surface area contributed by atoms with Crippen molar-refractivity contribution in [3.63, 3.8) is 0 Å². The fourth-order valence-electron chi connectivity index (χ4n) is 5.07. The summed E-state index contributed by atoms with van der Waals surface area (Å²) in [5.74, 6) is 0.755. The highest BCUT2D eigenvalue weighted by Gasteiger charge is 2.42. The maximum absolute atomic E-state index is 12.5. The zero-order chi connectivity index (χ0) is 21.1. The number of aliphatic hydroxyl groups excluding tert-OH is 1. The number of esters is 2. The first-order valence-electron chi connectivity index (χ1n) is 11.3. The van der Waals surface area contributed by atoms with Crippen molar-refractivity contribution in [3.8, 4) is 0 Å². The van der Waals surface area contributed by atoms with E-state index in [0.29, 0.717) is 24.2 Å². The molecule has 1 N–H and O–H groups in total. The maximum Gasteiger partial charge on any atom is 0.308 e. The standard InChI is InChI=1S/C24H36O5/c1-5-15(3)24(27)29-21-11-14(2)10-17-7-6-16(4)20(23(17)21)9-8-19-12-18(25)13-22(26)28-19/h6-7,10,14-16,18-21,23,25H,5,8-9,11-13H2,1-4H3/t14-,15+,16+,18+,19-,20+,21-,23+/m1/s1. The first-order valence-corrected chi connectivity index (χ1v) is 11.3. The molecule has 2 aliphatic carbocycles. The predicted octanol–water partition coefficient (Wildman–Crippen LogP) is 4.20. The van der Waals surface area contributed by atoms with Gasteiger partial charge in [-0.25, -0.2) is 0 Å². The lowest BCUT2D eigenvalue weighted by molar-refractivity contribution is -0.162. The molecule has 0 bridgehead atoms. The van der Waals surface area contributed by atoms with Gasteiger partial charge in [-0.2, -0.15) is 0 Å². The Morgan fingerprint density at radius 3 is 2.76 bits per heavy atom. The SMILES string of the molecule is CC[C@H](C)C(=O)O[C@@H]1C[C@H](C)C=C2C=C[C@H](C)[C@H](CC[C@@H]3C[C@H](O)CC(=O)O3)[C@H]21. The molecule has 0 aromatic rings. The van der Waals surface area contributed by atoms with Gasteiger partial charge in [-0.15, -0.1) is 0 Å². The molecule has 8 atom stereocenters. The third kappa shape index (κ3) is 5.30. The Balaban J connectivity index is 1.74. The van der Waals surface area contributed by atoms with Crippen LogP contribution < -0.4 is 0 Å². The molecule has 0 spiro atoms. The van der Waals surface area contributed by atoms with Crippen LogP contribution in [-0.2, 0) is 19.1 Å². The molecule has 0 unspecified atom stereocenters. The van der Waals surface area contributed by atoms with Crippen molar-refractivity contribution in [2.75, 3.05) is 0 Å². The summed E-state index contributed by atoms with van der Waals surface area (Å²) < 4.78 is 11.5. The highest BCUT2D eigenvalue weighted by atomic mass is 16.5. The molecule has 0 aromatic carbocycles. The third-order valence-corrected chi connectivity index (χ3v) is 6.93. The second kappa shape index (κ2) is 9.46. The molecule has 29 heavy (non-hydrogen) atoms. The summed E-state index contributed by atoms with van der Waals surface area (Å²) >= 11 is 0. The van der Waals surface area contributed by atoms with E-state index in [-0.39, 0.29) is 42.4 Å². The van der Waals surface area contributed by atoms with Crippen molar-refractivity contribution in [1.29, 1.82) is 0 Å². The van der Waals surface area contributed by atoms with Crippen molar-refractivity contribution in [2.45, 2.75) is 84.5 Å². The van der Waals surface area contributed by atoms with Gasteiger partial charge in [0.15, 0.2) is 0 Å². The quantitative estimate of drug-likeness (QED) is 0.672. The number of fused-ring (bicyclic) bond motifs is 1. The average Bonchev–Trinajstić information content (AvgIpc) is 2.65. The lowest BCUT2D eigenvalue weighted by Crippen LogP contribution is -2.42. The van der Waals surface area contributed by atoms with Crippen LogP contribution in [0.2, 0.25) is 0 Å². The molecule has 5 nitrogen and oxygen atoms in total. The average molecular weight is 405 g/mol. The predicted molar refractivity (Wildman–Crippen MR) is 111 cm³/mol. The van der Waals surface area contributed by atoms with Gasteiger partial charge in [-0.3, -0.25) is 9.59 Å². The first kappa shape index (κ1) is 22.1. The number of carbonyl (C=O) groups excluding carboxylic acids is 2. The molecule has 3 rings (SSSR count). The van der Waals surface area contributed by atoms with Crippen LogP contribution in [0.5, 0.6) is 0 Å². The van der Waals surface area contributed by atoms with Gasteiger partial charge in [0.05, 0.1) is 18.4 Å². The number of rotatable bonds is 6. The minimum absolute atomic E-state index is 0.0854. The summed E-state index contributed by atoms with van der Waals surface area (Å²) in [5.41, 5.74) is 1.27. The number of hydrogen-bond donors (Lipinski definition) is 1. The molecule has 1 fully saturated rings. The molecular weight excluding hydrogens is 368 g/mol. The van der Waals surface area contributed by atoms with Crippen LogP contribution >= 0.6 is 0 Å². The Morgan fingerprint density at radius 2 is 2.07 bits per heavy atom. The monoisotopic (exact) mass is 404 g/mol. The first-order chi connectivity index (χ1) is 13.8. The number of ether oxygens (including phenoxy) is 2. The van der Waals surface area contributed by atoms with Crippen LogP contribution in [0.15, 0.2) is 23.8 Å². The van der Waals surface area contributed by atoms with Crippen LogP contribution in [0.1, 0.15) is 66.2 Å². The number of allylic oxidation sites excluding steroid dienone is 3. The van der Waals surface area contributed by atoms with Crippen LogP contribution in [0, 0.1) is 29.6 Å². The lowest BCUT2D eigenvalue weighted by Gasteiger charge is -2.43. The molecule has 0 amide bonds. The number of aliphatic hydroxyl groups is 1.